The van der Waals surface area contributed by atoms with Gasteiger partial charge in [0.05, 0.1) is 0 Å². The zero-order valence-corrected chi connectivity index (χ0v) is 7.90. The molecular formula is C10H21N. The third-order valence-electron chi connectivity index (χ3n) is 1.65. The van der Waals surface area contributed by atoms with Crippen LogP contribution in [0.1, 0.15) is 46.0 Å². The molecule has 0 aromatic carbocycles. The van der Waals surface area contributed by atoms with Gasteiger partial charge < -0.3 is 5.32 Å². The Kier molecular flexibility index (Phi) is 9.14. The number of hydrogen-bond donors (Lipinski definition) is 1. The van der Waals surface area contributed by atoms with E-state index in [4.69, 9.17) is 0 Å². The fourth-order valence-electron chi connectivity index (χ4n) is 0.938. The fourth-order valence-corrected chi connectivity index (χ4v) is 0.938. The molecule has 11 heavy (non-hydrogen) atoms. The molecule has 0 radical (unpaired) electrons. The number of rotatable bonds is 7. The van der Waals surface area contributed by atoms with Gasteiger partial charge in [-0.3, -0.25) is 0 Å². The highest BCUT2D eigenvalue weighted by Gasteiger charge is 1.83. The Hall–Kier alpha value is -0.460. The lowest BCUT2D eigenvalue weighted by Gasteiger charge is -1.98. The Morgan fingerprint density at radius 3 is 2.55 bits per heavy atom. The summed E-state index contributed by atoms with van der Waals surface area (Å²) in [7, 11) is 0. The Balaban J connectivity index is 2.85. The van der Waals surface area contributed by atoms with E-state index in [1.165, 1.54) is 25.7 Å². The number of unbranched alkanes of at least 4 members (excludes halogenated alkanes) is 3. The van der Waals surface area contributed by atoms with Crippen LogP contribution < -0.4 is 5.32 Å². The molecular weight excluding hydrogens is 134 g/mol. The second kappa shape index (κ2) is 9.54. The first kappa shape index (κ1) is 10.5. The summed E-state index contributed by atoms with van der Waals surface area (Å²) in [4.78, 5) is 0. The molecule has 66 valence electrons. The van der Waals surface area contributed by atoms with Crippen LogP contribution in [-0.4, -0.2) is 6.54 Å². The molecule has 0 unspecified atom stereocenters. The van der Waals surface area contributed by atoms with Crippen molar-refractivity contribution in [3.05, 3.63) is 12.3 Å². The first-order valence-electron chi connectivity index (χ1n) is 4.80. The molecule has 0 spiro atoms. The van der Waals surface area contributed by atoms with Gasteiger partial charge >= 0.3 is 0 Å². The summed E-state index contributed by atoms with van der Waals surface area (Å²) in [5.41, 5.74) is 0. The SMILES string of the molecule is CC/C=C/NCCCCCC. The van der Waals surface area contributed by atoms with Gasteiger partial charge in [0.15, 0.2) is 0 Å². The first-order chi connectivity index (χ1) is 5.41. The monoisotopic (exact) mass is 155 g/mol. The lowest BCUT2D eigenvalue weighted by atomic mass is 10.2. The standard InChI is InChI=1S/C10H21N/c1-3-5-7-8-10-11-9-6-4-2/h6,9,11H,3-5,7-8,10H2,1-2H3/b9-6+. The number of allylic oxidation sites excluding steroid dienone is 1. The molecule has 1 nitrogen and oxygen atoms in total. The average Bonchev–Trinajstić information content (AvgIpc) is 2.03. The lowest BCUT2D eigenvalue weighted by molar-refractivity contribution is 0.645. The highest BCUT2D eigenvalue weighted by molar-refractivity contribution is 4.77. The molecule has 0 atom stereocenters. The fraction of sp³-hybridized carbons (Fsp3) is 0.800. The number of nitrogens with one attached hydrogen (secondary N) is 1. The van der Waals surface area contributed by atoms with Crippen molar-refractivity contribution in [2.45, 2.75) is 46.0 Å². The van der Waals surface area contributed by atoms with Crippen LogP contribution in [0.3, 0.4) is 0 Å². The molecule has 0 saturated carbocycles. The Bertz CT molecular complexity index is 86.9. The second-order valence-corrected chi connectivity index (χ2v) is 2.83. The maximum Gasteiger partial charge on any atom is 0.0141 e. The summed E-state index contributed by atoms with van der Waals surface area (Å²) >= 11 is 0. The van der Waals surface area contributed by atoms with Crippen molar-refractivity contribution in [1.82, 2.24) is 5.32 Å². The van der Waals surface area contributed by atoms with Gasteiger partial charge in [-0.2, -0.15) is 0 Å². The van der Waals surface area contributed by atoms with Crippen molar-refractivity contribution < 1.29 is 0 Å². The van der Waals surface area contributed by atoms with E-state index in [0.29, 0.717) is 0 Å². The van der Waals surface area contributed by atoms with Crippen molar-refractivity contribution in [2.24, 2.45) is 0 Å². The van der Waals surface area contributed by atoms with Gasteiger partial charge in [0.2, 0.25) is 0 Å². The maximum absolute atomic E-state index is 3.26. The van der Waals surface area contributed by atoms with Crippen LogP contribution in [0.15, 0.2) is 12.3 Å². The Labute approximate surface area is 70.9 Å². The van der Waals surface area contributed by atoms with Crippen LogP contribution in [0.2, 0.25) is 0 Å². The molecule has 0 saturated heterocycles. The van der Waals surface area contributed by atoms with Gasteiger partial charge in [-0.05, 0) is 19.0 Å². The topological polar surface area (TPSA) is 12.0 Å². The maximum atomic E-state index is 3.26. The summed E-state index contributed by atoms with van der Waals surface area (Å²) in [6.45, 7) is 5.52. The minimum atomic E-state index is 1.13. The third-order valence-corrected chi connectivity index (χ3v) is 1.65. The van der Waals surface area contributed by atoms with Crippen LogP contribution in [0, 0.1) is 0 Å². The molecule has 0 heterocycles. The van der Waals surface area contributed by atoms with E-state index >= 15 is 0 Å². The minimum absolute atomic E-state index is 1.13. The predicted molar refractivity (Wildman–Crippen MR) is 51.6 cm³/mol. The molecule has 0 aromatic rings. The van der Waals surface area contributed by atoms with Gasteiger partial charge in [-0.1, -0.05) is 39.2 Å². The summed E-state index contributed by atoms with van der Waals surface area (Å²) in [5.74, 6) is 0. The Morgan fingerprint density at radius 1 is 1.09 bits per heavy atom. The smallest absolute Gasteiger partial charge is 0.0141 e. The van der Waals surface area contributed by atoms with Crippen LogP contribution in [0.25, 0.3) is 0 Å². The zero-order chi connectivity index (χ0) is 8.36. The van der Waals surface area contributed by atoms with E-state index in [1.807, 2.05) is 0 Å². The largest absolute Gasteiger partial charge is 0.391 e. The molecule has 0 aromatic heterocycles. The van der Waals surface area contributed by atoms with Crippen LogP contribution in [-0.2, 0) is 0 Å². The van der Waals surface area contributed by atoms with E-state index in [9.17, 15) is 0 Å². The van der Waals surface area contributed by atoms with Crippen LogP contribution >= 0.6 is 0 Å². The van der Waals surface area contributed by atoms with Gasteiger partial charge in [-0.15, -0.1) is 0 Å². The molecule has 0 aliphatic heterocycles. The van der Waals surface area contributed by atoms with E-state index in [0.717, 1.165) is 13.0 Å². The first-order valence-corrected chi connectivity index (χ1v) is 4.80. The molecule has 0 amide bonds. The third kappa shape index (κ3) is 9.54. The molecule has 1 heteroatoms. The normalized spacial score (nSPS) is 10.7. The summed E-state index contributed by atoms with van der Waals surface area (Å²) in [6.07, 6.45) is 10.7. The Morgan fingerprint density at radius 2 is 1.91 bits per heavy atom. The molecule has 0 aliphatic rings. The van der Waals surface area contributed by atoms with Crippen LogP contribution in [0.4, 0.5) is 0 Å². The van der Waals surface area contributed by atoms with Gasteiger partial charge in [0.1, 0.15) is 0 Å². The quantitative estimate of drug-likeness (QED) is 0.557. The van der Waals surface area contributed by atoms with E-state index in [1.54, 1.807) is 0 Å². The zero-order valence-electron chi connectivity index (χ0n) is 7.90. The average molecular weight is 155 g/mol. The van der Waals surface area contributed by atoms with Crippen molar-refractivity contribution in [2.75, 3.05) is 6.54 Å². The minimum Gasteiger partial charge on any atom is -0.391 e. The van der Waals surface area contributed by atoms with Gasteiger partial charge in [0.25, 0.3) is 0 Å². The molecule has 0 rings (SSSR count). The molecule has 0 aliphatic carbocycles. The molecule has 0 fully saturated rings. The lowest BCUT2D eigenvalue weighted by Crippen LogP contribution is -2.06. The van der Waals surface area contributed by atoms with Crippen molar-refractivity contribution in [3.8, 4) is 0 Å². The van der Waals surface area contributed by atoms with E-state index < -0.39 is 0 Å². The summed E-state index contributed by atoms with van der Waals surface area (Å²) < 4.78 is 0. The van der Waals surface area contributed by atoms with Gasteiger partial charge in [0, 0.05) is 6.54 Å². The van der Waals surface area contributed by atoms with Gasteiger partial charge in [-0.25, -0.2) is 0 Å². The highest BCUT2D eigenvalue weighted by Crippen LogP contribution is 1.96. The van der Waals surface area contributed by atoms with E-state index in [2.05, 4.69) is 31.4 Å². The number of hydrogen-bond acceptors (Lipinski definition) is 1. The highest BCUT2D eigenvalue weighted by atomic mass is 14.8. The molecule has 1 N–H and O–H groups in total. The van der Waals surface area contributed by atoms with Crippen molar-refractivity contribution in [3.63, 3.8) is 0 Å². The molecule has 0 bridgehead atoms. The summed E-state index contributed by atoms with van der Waals surface area (Å²) in [6, 6.07) is 0. The van der Waals surface area contributed by atoms with Crippen molar-refractivity contribution in [1.29, 1.82) is 0 Å². The van der Waals surface area contributed by atoms with E-state index in [-0.39, 0.29) is 0 Å². The van der Waals surface area contributed by atoms with Crippen LogP contribution in [0.5, 0.6) is 0 Å². The summed E-state index contributed by atoms with van der Waals surface area (Å²) in [5, 5.41) is 3.26. The van der Waals surface area contributed by atoms with Crippen molar-refractivity contribution >= 4 is 0 Å². The second-order valence-electron chi connectivity index (χ2n) is 2.83. The predicted octanol–water partition coefficient (Wildman–Crippen LogP) is 3.08.